The molecule has 0 aromatic carbocycles. The van der Waals surface area contributed by atoms with Crippen LogP contribution < -0.4 is 0 Å². The van der Waals surface area contributed by atoms with Gasteiger partial charge in [-0.25, -0.2) is 0 Å². The van der Waals surface area contributed by atoms with E-state index in [4.69, 9.17) is 30.6 Å². The Morgan fingerprint density at radius 3 is 0.857 bits per heavy atom. The monoisotopic (exact) mass is 212 g/mol. The van der Waals surface area contributed by atoms with Gasteiger partial charge >= 0.3 is 0 Å². The molecule has 14 heavy (non-hydrogen) atoms. The van der Waals surface area contributed by atoms with Crippen molar-refractivity contribution in [2.75, 3.05) is 39.6 Å². The molecule has 0 saturated heterocycles. The van der Waals surface area contributed by atoms with Crippen LogP contribution in [-0.4, -0.2) is 70.3 Å². The van der Waals surface area contributed by atoms with E-state index in [0.29, 0.717) is 6.42 Å². The molecule has 0 atom stereocenters. The van der Waals surface area contributed by atoms with Crippen LogP contribution in [0.15, 0.2) is 0 Å². The summed E-state index contributed by atoms with van der Waals surface area (Å²) in [5.74, 6) is 0. The summed E-state index contributed by atoms with van der Waals surface area (Å²) < 4.78 is 0. The molecule has 6 heteroatoms. The van der Waals surface area contributed by atoms with Crippen LogP contribution in [0.1, 0.15) is 6.42 Å². The van der Waals surface area contributed by atoms with Gasteiger partial charge in [0.25, 0.3) is 0 Å². The van der Waals surface area contributed by atoms with Gasteiger partial charge in [0.1, 0.15) is 0 Å². The first-order valence-corrected chi connectivity index (χ1v) is 4.31. The second-order valence-electron chi connectivity index (χ2n) is 2.93. The summed E-state index contributed by atoms with van der Waals surface area (Å²) in [7, 11) is 0. The Balaban J connectivity index is 0. The van der Waals surface area contributed by atoms with Gasteiger partial charge in [0.15, 0.2) is 0 Å². The molecule has 0 aliphatic rings. The highest BCUT2D eigenvalue weighted by Gasteiger charge is 2.26. The predicted molar refractivity (Wildman–Crippen MR) is 49.6 cm³/mol. The minimum atomic E-state index is -1.11. The molecule has 0 amide bonds. The van der Waals surface area contributed by atoms with Crippen molar-refractivity contribution in [1.82, 2.24) is 0 Å². The van der Waals surface area contributed by atoms with E-state index in [9.17, 15) is 0 Å². The Hall–Kier alpha value is -0.240. The Kier molecular flexibility index (Phi) is 12.5. The summed E-state index contributed by atoms with van der Waals surface area (Å²) in [5, 5.41) is 49.8. The molecule has 0 bridgehead atoms. The maximum Gasteiger partial charge on any atom is 0.0627 e. The minimum Gasteiger partial charge on any atom is -0.396 e. The molecule has 0 heterocycles. The second-order valence-corrected chi connectivity index (χ2v) is 2.93. The third-order valence-electron chi connectivity index (χ3n) is 1.66. The summed E-state index contributed by atoms with van der Waals surface area (Å²) >= 11 is 0. The van der Waals surface area contributed by atoms with E-state index in [1.54, 1.807) is 0 Å². The molecule has 6 nitrogen and oxygen atoms in total. The second kappa shape index (κ2) is 10.8. The number of aliphatic hydroxyl groups excluding tert-OH is 6. The number of aliphatic hydroxyl groups is 6. The van der Waals surface area contributed by atoms with Gasteiger partial charge < -0.3 is 30.6 Å². The van der Waals surface area contributed by atoms with E-state index in [0.717, 1.165) is 0 Å². The fourth-order valence-electron chi connectivity index (χ4n) is 0.371. The summed E-state index contributed by atoms with van der Waals surface area (Å²) in [6, 6.07) is 0. The topological polar surface area (TPSA) is 121 Å². The third-order valence-corrected chi connectivity index (χ3v) is 1.66. The SMILES string of the molecule is OCC(CO)(CO)CO.OCCCO. The van der Waals surface area contributed by atoms with Crippen LogP contribution in [0.25, 0.3) is 0 Å². The Morgan fingerprint density at radius 2 is 0.857 bits per heavy atom. The van der Waals surface area contributed by atoms with Crippen molar-refractivity contribution in [2.24, 2.45) is 5.41 Å². The highest BCUT2D eigenvalue weighted by Crippen LogP contribution is 2.11. The van der Waals surface area contributed by atoms with E-state index < -0.39 is 31.8 Å². The van der Waals surface area contributed by atoms with E-state index in [2.05, 4.69) is 0 Å². The number of hydrogen-bond donors (Lipinski definition) is 6. The lowest BCUT2D eigenvalue weighted by Gasteiger charge is -2.23. The summed E-state index contributed by atoms with van der Waals surface area (Å²) in [4.78, 5) is 0. The van der Waals surface area contributed by atoms with Gasteiger partial charge in [-0.05, 0) is 6.42 Å². The third kappa shape index (κ3) is 7.19. The van der Waals surface area contributed by atoms with Crippen molar-refractivity contribution >= 4 is 0 Å². The number of rotatable bonds is 6. The van der Waals surface area contributed by atoms with Crippen molar-refractivity contribution in [3.63, 3.8) is 0 Å². The number of hydrogen-bond acceptors (Lipinski definition) is 6. The van der Waals surface area contributed by atoms with Gasteiger partial charge in [0.05, 0.1) is 31.8 Å². The van der Waals surface area contributed by atoms with E-state index in [1.165, 1.54) is 0 Å². The highest BCUT2D eigenvalue weighted by molar-refractivity contribution is 4.74. The normalized spacial score (nSPS) is 10.7. The van der Waals surface area contributed by atoms with Gasteiger partial charge in [-0.2, -0.15) is 0 Å². The van der Waals surface area contributed by atoms with Crippen molar-refractivity contribution < 1.29 is 30.6 Å². The molecule has 0 radical (unpaired) electrons. The first-order chi connectivity index (χ1) is 6.66. The summed E-state index contributed by atoms with van der Waals surface area (Å²) in [6.45, 7) is -1.44. The Morgan fingerprint density at radius 1 is 0.571 bits per heavy atom. The van der Waals surface area contributed by atoms with E-state index in [-0.39, 0.29) is 13.2 Å². The van der Waals surface area contributed by atoms with Gasteiger partial charge in [0, 0.05) is 13.2 Å². The standard InChI is InChI=1S/C5H12O4.C3H8O2/c6-1-5(2-7,3-8)4-9;4-2-1-3-5/h6-9H,1-4H2;4-5H,1-3H2. The minimum absolute atomic E-state index is 0.0938. The fourth-order valence-corrected chi connectivity index (χ4v) is 0.371. The molecule has 6 N–H and O–H groups in total. The smallest absolute Gasteiger partial charge is 0.0627 e. The van der Waals surface area contributed by atoms with Crippen LogP contribution in [0.2, 0.25) is 0 Å². The van der Waals surface area contributed by atoms with Crippen LogP contribution in [0.4, 0.5) is 0 Å². The molecular formula is C8H20O6. The Labute approximate surface area is 83.1 Å². The van der Waals surface area contributed by atoms with Crippen molar-refractivity contribution in [1.29, 1.82) is 0 Å². The lowest BCUT2D eigenvalue weighted by Crippen LogP contribution is -2.37. The molecule has 0 fully saturated rings. The van der Waals surface area contributed by atoms with Crippen LogP contribution in [0.5, 0.6) is 0 Å². The zero-order valence-electron chi connectivity index (χ0n) is 8.13. The first kappa shape index (κ1) is 16.2. The molecular weight excluding hydrogens is 192 g/mol. The average Bonchev–Trinajstić information content (AvgIpc) is 2.24. The maximum atomic E-state index is 8.50. The molecule has 0 aliphatic carbocycles. The van der Waals surface area contributed by atoms with Gasteiger partial charge in [-0.1, -0.05) is 0 Å². The molecule has 0 unspecified atom stereocenters. The predicted octanol–water partition coefficient (Wildman–Crippen LogP) is -2.70. The summed E-state index contributed by atoms with van der Waals surface area (Å²) in [6.07, 6.45) is 0.500. The highest BCUT2D eigenvalue weighted by atomic mass is 16.3. The maximum absolute atomic E-state index is 8.50. The molecule has 0 spiro atoms. The largest absolute Gasteiger partial charge is 0.396 e. The van der Waals surface area contributed by atoms with E-state index >= 15 is 0 Å². The van der Waals surface area contributed by atoms with Crippen molar-refractivity contribution in [3.8, 4) is 0 Å². The fraction of sp³-hybridized carbons (Fsp3) is 1.00. The average molecular weight is 212 g/mol. The lowest BCUT2D eigenvalue weighted by atomic mass is 9.93. The van der Waals surface area contributed by atoms with Crippen LogP contribution >= 0.6 is 0 Å². The van der Waals surface area contributed by atoms with Crippen molar-refractivity contribution in [2.45, 2.75) is 6.42 Å². The molecule has 0 saturated carbocycles. The molecule has 0 aromatic rings. The van der Waals surface area contributed by atoms with E-state index in [1.807, 2.05) is 0 Å². The van der Waals surface area contributed by atoms with Crippen LogP contribution in [-0.2, 0) is 0 Å². The van der Waals surface area contributed by atoms with Crippen LogP contribution in [0.3, 0.4) is 0 Å². The first-order valence-electron chi connectivity index (χ1n) is 4.31. The van der Waals surface area contributed by atoms with Crippen LogP contribution in [0, 0.1) is 5.41 Å². The molecule has 0 rings (SSSR count). The Bertz CT molecular complexity index is 84.5. The zero-order valence-corrected chi connectivity index (χ0v) is 8.13. The van der Waals surface area contributed by atoms with Gasteiger partial charge in [-0.15, -0.1) is 0 Å². The van der Waals surface area contributed by atoms with Gasteiger partial charge in [0.2, 0.25) is 0 Å². The molecule has 88 valence electrons. The summed E-state index contributed by atoms with van der Waals surface area (Å²) in [5.41, 5.74) is -1.11. The zero-order chi connectivity index (χ0) is 11.4. The van der Waals surface area contributed by atoms with Crippen molar-refractivity contribution in [3.05, 3.63) is 0 Å². The lowest BCUT2D eigenvalue weighted by molar-refractivity contribution is -0.0328. The quantitative estimate of drug-likeness (QED) is 0.285. The van der Waals surface area contributed by atoms with Gasteiger partial charge in [-0.3, -0.25) is 0 Å². The molecule has 0 aliphatic heterocycles. The molecule has 0 aromatic heterocycles.